The van der Waals surface area contributed by atoms with Gasteiger partial charge in [-0.1, -0.05) is 54.6 Å². The molecule has 1 atom stereocenters. The Bertz CT molecular complexity index is 817. The van der Waals surface area contributed by atoms with Crippen molar-refractivity contribution < 1.29 is 19.4 Å². The van der Waals surface area contributed by atoms with Crippen LogP contribution >= 0.6 is 0 Å². The predicted octanol–water partition coefficient (Wildman–Crippen LogP) is 3.43. The number of carbonyl (C=O) groups excluding carboxylic acids is 1. The van der Waals surface area contributed by atoms with E-state index < -0.39 is 11.8 Å². The van der Waals surface area contributed by atoms with Crippen LogP contribution in [0.25, 0.3) is 11.6 Å². The smallest absolute Gasteiger partial charge is 0.341 e. The van der Waals surface area contributed by atoms with E-state index in [9.17, 15) is 9.90 Å². The number of aliphatic hydroxyl groups is 1. The molecule has 0 bridgehead atoms. The van der Waals surface area contributed by atoms with E-state index in [1.165, 1.54) is 6.92 Å². The molecule has 0 radical (unpaired) electrons. The van der Waals surface area contributed by atoms with E-state index >= 15 is 0 Å². The van der Waals surface area contributed by atoms with Gasteiger partial charge in [-0.25, -0.2) is 4.79 Å². The van der Waals surface area contributed by atoms with Gasteiger partial charge in [0.05, 0.1) is 12.7 Å². The van der Waals surface area contributed by atoms with Crippen LogP contribution in [-0.4, -0.2) is 24.0 Å². The first kappa shape index (κ1) is 16.0. The number of carbonyl (C=O) groups is 1. The van der Waals surface area contributed by atoms with Gasteiger partial charge in [0.2, 0.25) is 5.79 Å². The summed E-state index contributed by atoms with van der Waals surface area (Å²) in [6.07, 6.45) is 3.48. The van der Waals surface area contributed by atoms with E-state index in [0.29, 0.717) is 22.5 Å². The van der Waals surface area contributed by atoms with Crippen molar-refractivity contribution in [2.45, 2.75) is 12.7 Å². The number of hydrogen-bond acceptors (Lipinski definition) is 4. The first-order chi connectivity index (χ1) is 11.5. The number of para-hydroxylation sites is 1. The van der Waals surface area contributed by atoms with Crippen LogP contribution in [0, 0.1) is 0 Å². The normalized spacial score (nSPS) is 20.5. The average molecular weight is 322 g/mol. The number of hydrogen-bond donors (Lipinski definition) is 1. The molecule has 0 fully saturated rings. The average Bonchev–Trinajstić information content (AvgIpc) is 2.81. The van der Waals surface area contributed by atoms with Crippen LogP contribution in [0.2, 0.25) is 0 Å². The summed E-state index contributed by atoms with van der Waals surface area (Å²) >= 11 is 0. The Balaban J connectivity index is 2.13. The van der Waals surface area contributed by atoms with Crippen LogP contribution in [0.1, 0.15) is 18.1 Å². The molecule has 24 heavy (non-hydrogen) atoms. The molecule has 1 unspecified atom stereocenters. The van der Waals surface area contributed by atoms with Gasteiger partial charge in [0, 0.05) is 18.1 Å². The first-order valence-corrected chi connectivity index (χ1v) is 7.60. The molecule has 1 aliphatic rings. The van der Waals surface area contributed by atoms with E-state index in [1.807, 2.05) is 48.5 Å². The van der Waals surface area contributed by atoms with Crippen LogP contribution in [0.4, 0.5) is 0 Å². The molecule has 0 spiro atoms. The van der Waals surface area contributed by atoms with E-state index in [4.69, 9.17) is 9.47 Å². The van der Waals surface area contributed by atoms with Gasteiger partial charge in [-0.2, -0.15) is 0 Å². The molecule has 2 aromatic carbocycles. The standard InChI is InChI=1S/C20H18O4/c1-20(22)18(15-10-6-7-11-17(15)23-2)16(19(21)24-20)13-12-14-8-4-3-5-9-14/h3-13,22H,1-2H3. The van der Waals surface area contributed by atoms with E-state index in [-0.39, 0.29) is 0 Å². The van der Waals surface area contributed by atoms with Crippen molar-refractivity contribution in [1.82, 2.24) is 0 Å². The minimum atomic E-state index is -1.71. The second kappa shape index (κ2) is 6.34. The van der Waals surface area contributed by atoms with Crippen LogP contribution in [-0.2, 0) is 9.53 Å². The summed E-state index contributed by atoms with van der Waals surface area (Å²) in [5.74, 6) is -1.70. The molecule has 2 aromatic rings. The van der Waals surface area contributed by atoms with Gasteiger partial charge in [0.25, 0.3) is 0 Å². The van der Waals surface area contributed by atoms with Gasteiger partial charge in [0.1, 0.15) is 5.75 Å². The number of cyclic esters (lactones) is 1. The Labute approximate surface area is 140 Å². The van der Waals surface area contributed by atoms with Crippen LogP contribution in [0.3, 0.4) is 0 Å². The fourth-order valence-electron chi connectivity index (χ4n) is 2.78. The Morgan fingerprint density at radius 3 is 2.42 bits per heavy atom. The fourth-order valence-corrected chi connectivity index (χ4v) is 2.78. The molecule has 4 heteroatoms. The van der Waals surface area contributed by atoms with Crippen molar-refractivity contribution in [2.24, 2.45) is 0 Å². The largest absolute Gasteiger partial charge is 0.496 e. The minimum absolute atomic E-state index is 0.313. The second-order valence-corrected chi connectivity index (χ2v) is 5.61. The zero-order chi connectivity index (χ0) is 17.2. The third-order valence-electron chi connectivity index (χ3n) is 3.86. The predicted molar refractivity (Wildman–Crippen MR) is 92.1 cm³/mol. The van der Waals surface area contributed by atoms with Gasteiger partial charge < -0.3 is 14.6 Å². The van der Waals surface area contributed by atoms with Gasteiger partial charge in [-0.3, -0.25) is 0 Å². The number of ether oxygens (including phenoxy) is 2. The van der Waals surface area contributed by atoms with E-state index in [2.05, 4.69) is 0 Å². The molecule has 0 amide bonds. The monoisotopic (exact) mass is 322 g/mol. The van der Waals surface area contributed by atoms with Gasteiger partial charge in [0.15, 0.2) is 0 Å². The van der Waals surface area contributed by atoms with E-state index in [1.54, 1.807) is 25.3 Å². The van der Waals surface area contributed by atoms with Crippen LogP contribution in [0.5, 0.6) is 5.75 Å². The lowest BCUT2D eigenvalue weighted by Crippen LogP contribution is -2.26. The van der Waals surface area contributed by atoms with Crippen LogP contribution < -0.4 is 4.74 Å². The number of methoxy groups -OCH3 is 1. The molecule has 1 heterocycles. The summed E-state index contributed by atoms with van der Waals surface area (Å²) in [5.41, 5.74) is 2.29. The molecule has 3 rings (SSSR count). The maximum Gasteiger partial charge on any atom is 0.341 e. The number of benzene rings is 2. The first-order valence-electron chi connectivity index (χ1n) is 7.60. The third-order valence-corrected chi connectivity index (χ3v) is 3.86. The summed E-state index contributed by atoms with van der Waals surface area (Å²) in [4.78, 5) is 12.3. The maximum atomic E-state index is 12.3. The minimum Gasteiger partial charge on any atom is -0.496 e. The van der Waals surface area contributed by atoms with Gasteiger partial charge >= 0.3 is 5.97 Å². The quantitative estimate of drug-likeness (QED) is 0.876. The van der Waals surface area contributed by atoms with Crippen LogP contribution in [0.15, 0.2) is 66.2 Å². The molecule has 1 aliphatic heterocycles. The van der Waals surface area contributed by atoms with Crippen molar-refractivity contribution in [3.05, 3.63) is 77.4 Å². The molecule has 0 aliphatic carbocycles. The summed E-state index contributed by atoms with van der Waals surface area (Å²) < 4.78 is 10.5. The van der Waals surface area contributed by atoms with Crippen molar-refractivity contribution in [1.29, 1.82) is 0 Å². The summed E-state index contributed by atoms with van der Waals surface area (Å²) in [6, 6.07) is 16.8. The van der Waals surface area contributed by atoms with E-state index in [0.717, 1.165) is 5.56 Å². The molecule has 122 valence electrons. The van der Waals surface area contributed by atoms with Crippen molar-refractivity contribution in [3.63, 3.8) is 0 Å². The lowest BCUT2D eigenvalue weighted by atomic mass is 9.94. The zero-order valence-corrected chi connectivity index (χ0v) is 13.5. The Morgan fingerprint density at radius 2 is 1.71 bits per heavy atom. The van der Waals surface area contributed by atoms with Gasteiger partial charge in [-0.15, -0.1) is 0 Å². The highest BCUT2D eigenvalue weighted by Gasteiger charge is 2.43. The lowest BCUT2D eigenvalue weighted by Gasteiger charge is -2.21. The summed E-state index contributed by atoms with van der Waals surface area (Å²) in [7, 11) is 1.55. The van der Waals surface area contributed by atoms with Crippen molar-refractivity contribution in [2.75, 3.05) is 7.11 Å². The highest BCUT2D eigenvalue weighted by atomic mass is 16.7. The second-order valence-electron chi connectivity index (χ2n) is 5.61. The molecule has 0 saturated heterocycles. The SMILES string of the molecule is COc1ccccc1C1=C(C=Cc2ccccc2)C(=O)OC1(C)O. The Hall–Kier alpha value is -2.85. The maximum absolute atomic E-state index is 12.3. The summed E-state index contributed by atoms with van der Waals surface area (Å²) in [6.45, 7) is 1.45. The molecule has 0 saturated carbocycles. The molecule has 1 N–H and O–H groups in total. The van der Waals surface area contributed by atoms with Gasteiger partial charge in [-0.05, 0) is 17.7 Å². The van der Waals surface area contributed by atoms with Crippen molar-refractivity contribution in [3.8, 4) is 5.75 Å². The summed E-state index contributed by atoms with van der Waals surface area (Å²) in [5, 5.41) is 10.6. The third kappa shape index (κ3) is 2.96. The fraction of sp³-hybridized carbons (Fsp3) is 0.150. The Morgan fingerprint density at radius 1 is 1.04 bits per heavy atom. The molecule has 4 nitrogen and oxygen atoms in total. The topological polar surface area (TPSA) is 55.8 Å². The molecular weight excluding hydrogens is 304 g/mol. The highest BCUT2D eigenvalue weighted by Crippen LogP contribution is 2.42. The Kier molecular flexibility index (Phi) is 4.23. The number of rotatable bonds is 4. The zero-order valence-electron chi connectivity index (χ0n) is 13.5. The highest BCUT2D eigenvalue weighted by molar-refractivity contribution is 6.07. The molecule has 0 aromatic heterocycles. The lowest BCUT2D eigenvalue weighted by molar-refractivity contribution is -0.170. The van der Waals surface area contributed by atoms with Crippen molar-refractivity contribution >= 4 is 17.6 Å². The molecular formula is C20H18O4. The number of esters is 1.